The molecule has 0 fully saturated rings. The van der Waals surface area contributed by atoms with Gasteiger partial charge in [-0.05, 0) is 32.2 Å². The number of hydrogen-bond donors (Lipinski definition) is 1. The van der Waals surface area contributed by atoms with Crippen molar-refractivity contribution < 1.29 is 19.1 Å². The molecule has 2 N–H and O–H groups in total. The first-order chi connectivity index (χ1) is 10.1. The lowest BCUT2D eigenvalue weighted by Crippen LogP contribution is -2.38. The molecule has 0 bridgehead atoms. The summed E-state index contributed by atoms with van der Waals surface area (Å²) < 4.78 is 9.88. The molecule has 1 amide bonds. The van der Waals surface area contributed by atoms with Gasteiger partial charge in [0.2, 0.25) is 5.91 Å². The SMILES string of the molecule is CCOC(=O)CN(CCOC)C(=O)CCC(CC)CCN. The van der Waals surface area contributed by atoms with E-state index in [0.717, 1.165) is 19.3 Å². The minimum absolute atomic E-state index is 0.0102. The number of rotatable bonds is 12. The summed E-state index contributed by atoms with van der Waals surface area (Å²) >= 11 is 0. The van der Waals surface area contributed by atoms with Gasteiger partial charge in [-0.25, -0.2) is 0 Å². The van der Waals surface area contributed by atoms with Crippen molar-refractivity contribution in [3.8, 4) is 0 Å². The highest BCUT2D eigenvalue weighted by Gasteiger charge is 2.18. The van der Waals surface area contributed by atoms with Gasteiger partial charge < -0.3 is 20.1 Å². The van der Waals surface area contributed by atoms with Crippen molar-refractivity contribution in [2.45, 2.75) is 39.5 Å². The molecule has 0 spiro atoms. The van der Waals surface area contributed by atoms with Crippen LogP contribution in [0.15, 0.2) is 0 Å². The highest BCUT2D eigenvalue weighted by Crippen LogP contribution is 2.15. The van der Waals surface area contributed by atoms with E-state index in [2.05, 4.69) is 6.92 Å². The van der Waals surface area contributed by atoms with Gasteiger partial charge in [0, 0.05) is 20.1 Å². The van der Waals surface area contributed by atoms with Crippen molar-refractivity contribution in [2.24, 2.45) is 11.7 Å². The molecular weight excluding hydrogens is 272 g/mol. The second kappa shape index (κ2) is 12.6. The zero-order valence-electron chi connectivity index (χ0n) is 13.6. The third-order valence-corrected chi connectivity index (χ3v) is 3.46. The summed E-state index contributed by atoms with van der Waals surface area (Å²) in [5.41, 5.74) is 5.56. The lowest BCUT2D eigenvalue weighted by Gasteiger charge is -2.22. The zero-order chi connectivity index (χ0) is 16.1. The zero-order valence-corrected chi connectivity index (χ0v) is 13.6. The Morgan fingerprint density at radius 1 is 1.24 bits per heavy atom. The smallest absolute Gasteiger partial charge is 0.325 e. The average Bonchev–Trinajstić information content (AvgIpc) is 2.47. The molecular formula is C15H30N2O4. The first-order valence-corrected chi connectivity index (χ1v) is 7.71. The van der Waals surface area contributed by atoms with Gasteiger partial charge in [-0.2, -0.15) is 0 Å². The van der Waals surface area contributed by atoms with Crippen molar-refractivity contribution in [3.63, 3.8) is 0 Å². The van der Waals surface area contributed by atoms with Crippen LogP contribution >= 0.6 is 0 Å². The van der Waals surface area contributed by atoms with E-state index >= 15 is 0 Å². The van der Waals surface area contributed by atoms with E-state index < -0.39 is 0 Å². The van der Waals surface area contributed by atoms with E-state index in [4.69, 9.17) is 15.2 Å². The maximum Gasteiger partial charge on any atom is 0.325 e. The molecule has 0 aliphatic heterocycles. The van der Waals surface area contributed by atoms with Gasteiger partial charge in [0.25, 0.3) is 0 Å². The minimum atomic E-state index is -0.379. The molecule has 21 heavy (non-hydrogen) atoms. The number of methoxy groups -OCH3 is 1. The summed E-state index contributed by atoms with van der Waals surface area (Å²) in [6, 6.07) is 0. The van der Waals surface area contributed by atoms with Crippen LogP contribution in [0.4, 0.5) is 0 Å². The summed E-state index contributed by atoms with van der Waals surface area (Å²) in [5, 5.41) is 0. The number of carbonyl (C=O) groups excluding carboxylic acids is 2. The Morgan fingerprint density at radius 2 is 1.95 bits per heavy atom. The van der Waals surface area contributed by atoms with Gasteiger partial charge >= 0.3 is 5.97 Å². The van der Waals surface area contributed by atoms with E-state index in [9.17, 15) is 9.59 Å². The third kappa shape index (κ3) is 9.42. The first-order valence-electron chi connectivity index (χ1n) is 7.71. The fourth-order valence-electron chi connectivity index (χ4n) is 2.13. The van der Waals surface area contributed by atoms with Crippen molar-refractivity contribution in [3.05, 3.63) is 0 Å². The maximum atomic E-state index is 12.2. The van der Waals surface area contributed by atoms with E-state index in [1.54, 1.807) is 14.0 Å². The molecule has 0 aliphatic rings. The molecule has 0 aliphatic carbocycles. The van der Waals surface area contributed by atoms with Gasteiger partial charge in [-0.3, -0.25) is 9.59 Å². The van der Waals surface area contributed by atoms with Crippen LogP contribution in [-0.2, 0) is 19.1 Å². The molecule has 0 aromatic carbocycles. The molecule has 124 valence electrons. The summed E-state index contributed by atoms with van der Waals surface area (Å²) in [6.45, 7) is 5.61. The lowest BCUT2D eigenvalue weighted by molar-refractivity contribution is -0.149. The lowest BCUT2D eigenvalue weighted by atomic mass is 9.96. The molecule has 0 aromatic heterocycles. The number of esters is 1. The largest absolute Gasteiger partial charge is 0.465 e. The van der Waals surface area contributed by atoms with Crippen LogP contribution in [0.2, 0.25) is 0 Å². The van der Waals surface area contributed by atoms with Crippen LogP contribution in [0.1, 0.15) is 39.5 Å². The molecule has 6 heteroatoms. The second-order valence-electron chi connectivity index (χ2n) is 5.00. The van der Waals surface area contributed by atoms with Crippen LogP contribution in [0.5, 0.6) is 0 Å². The van der Waals surface area contributed by atoms with Crippen molar-refractivity contribution >= 4 is 11.9 Å². The Kier molecular flexibility index (Phi) is 11.9. The molecule has 1 atom stereocenters. The van der Waals surface area contributed by atoms with Crippen LogP contribution < -0.4 is 5.73 Å². The number of amides is 1. The van der Waals surface area contributed by atoms with Crippen LogP contribution in [0.3, 0.4) is 0 Å². The van der Waals surface area contributed by atoms with E-state index in [1.807, 2.05) is 0 Å². The van der Waals surface area contributed by atoms with E-state index in [0.29, 0.717) is 38.6 Å². The topological polar surface area (TPSA) is 81.9 Å². The van der Waals surface area contributed by atoms with E-state index in [1.165, 1.54) is 4.90 Å². The Balaban J connectivity index is 4.38. The van der Waals surface area contributed by atoms with Gasteiger partial charge in [0.05, 0.1) is 13.2 Å². The summed E-state index contributed by atoms with van der Waals surface area (Å²) in [7, 11) is 1.57. The van der Waals surface area contributed by atoms with Crippen LogP contribution in [0.25, 0.3) is 0 Å². The number of ether oxygens (including phenoxy) is 2. The Labute approximate surface area is 127 Å². The summed E-state index contributed by atoms with van der Waals surface area (Å²) in [5.74, 6) is 0.0531. The van der Waals surface area contributed by atoms with Gasteiger partial charge in [0.15, 0.2) is 0 Å². The number of nitrogens with zero attached hydrogens (tertiary/aromatic N) is 1. The van der Waals surface area contributed by atoms with Crippen LogP contribution in [0, 0.1) is 5.92 Å². The van der Waals surface area contributed by atoms with Gasteiger partial charge in [-0.15, -0.1) is 0 Å². The van der Waals surface area contributed by atoms with Crippen LogP contribution in [-0.4, -0.2) is 56.7 Å². The number of carbonyl (C=O) groups is 2. The molecule has 6 nitrogen and oxygen atoms in total. The standard InChI is InChI=1S/C15H30N2O4/c1-4-13(8-9-16)6-7-14(18)17(10-11-20-3)12-15(19)21-5-2/h13H,4-12,16H2,1-3H3. The Hall–Kier alpha value is -1.14. The fraction of sp³-hybridized carbons (Fsp3) is 0.867. The Morgan fingerprint density at radius 3 is 2.48 bits per heavy atom. The average molecular weight is 302 g/mol. The van der Waals surface area contributed by atoms with Gasteiger partial charge in [-0.1, -0.05) is 13.3 Å². The molecule has 0 aromatic rings. The monoisotopic (exact) mass is 302 g/mol. The molecule has 0 saturated carbocycles. The van der Waals surface area contributed by atoms with Crippen molar-refractivity contribution in [1.29, 1.82) is 0 Å². The summed E-state index contributed by atoms with van der Waals surface area (Å²) in [4.78, 5) is 25.3. The van der Waals surface area contributed by atoms with Crippen molar-refractivity contribution in [2.75, 3.05) is 40.0 Å². The molecule has 0 rings (SSSR count). The minimum Gasteiger partial charge on any atom is -0.465 e. The predicted octanol–water partition coefficient (Wildman–Crippen LogP) is 1.18. The number of nitrogens with two attached hydrogens (primary N) is 1. The highest BCUT2D eigenvalue weighted by molar-refractivity contribution is 5.82. The first kappa shape index (κ1) is 19.9. The second-order valence-corrected chi connectivity index (χ2v) is 5.00. The van der Waals surface area contributed by atoms with E-state index in [-0.39, 0.29) is 18.4 Å². The molecule has 0 radical (unpaired) electrons. The predicted molar refractivity (Wildman–Crippen MR) is 81.8 cm³/mol. The van der Waals surface area contributed by atoms with Gasteiger partial charge in [0.1, 0.15) is 6.54 Å². The molecule has 1 unspecified atom stereocenters. The normalized spacial score (nSPS) is 12.0. The highest BCUT2D eigenvalue weighted by atomic mass is 16.5. The molecule has 0 heterocycles. The third-order valence-electron chi connectivity index (χ3n) is 3.46. The number of hydrogen-bond acceptors (Lipinski definition) is 5. The summed E-state index contributed by atoms with van der Waals surface area (Å²) in [6.07, 6.45) is 3.18. The Bertz CT molecular complexity index is 297. The maximum absolute atomic E-state index is 12.2. The van der Waals surface area contributed by atoms with Crippen molar-refractivity contribution in [1.82, 2.24) is 4.90 Å². The molecule has 0 saturated heterocycles. The quantitative estimate of drug-likeness (QED) is 0.547. The fourth-order valence-corrected chi connectivity index (χ4v) is 2.13.